The first-order chi connectivity index (χ1) is 10.6. The van der Waals surface area contributed by atoms with Crippen molar-refractivity contribution < 1.29 is 19.4 Å². The lowest BCUT2D eigenvalue weighted by molar-refractivity contribution is -0.143. The van der Waals surface area contributed by atoms with E-state index in [1.54, 1.807) is 31.2 Å². The fraction of sp³-hybridized carbons (Fsp3) is 0.471. The lowest BCUT2D eigenvalue weighted by atomic mass is 9.93. The van der Waals surface area contributed by atoms with Crippen molar-refractivity contribution in [1.29, 1.82) is 5.26 Å². The molecule has 0 radical (unpaired) electrons. The number of ether oxygens (including phenoxy) is 1. The minimum Gasteiger partial charge on any atom is -0.481 e. The first kappa shape index (κ1) is 17.7. The Morgan fingerprint density at radius 3 is 2.50 bits per heavy atom. The van der Waals surface area contributed by atoms with Crippen molar-refractivity contribution in [2.24, 2.45) is 5.92 Å². The third-order valence-electron chi connectivity index (χ3n) is 3.40. The summed E-state index contributed by atoms with van der Waals surface area (Å²) in [5, 5.41) is 18.0. The third-order valence-corrected chi connectivity index (χ3v) is 3.40. The van der Waals surface area contributed by atoms with Gasteiger partial charge in [0.15, 0.2) is 0 Å². The molecule has 0 aliphatic heterocycles. The van der Waals surface area contributed by atoms with Gasteiger partial charge in [-0.15, -0.1) is 0 Å². The lowest BCUT2D eigenvalue weighted by Crippen LogP contribution is -2.16. The van der Waals surface area contributed by atoms with Gasteiger partial charge < -0.3 is 9.84 Å². The number of hydrogen-bond acceptors (Lipinski definition) is 4. The molecule has 0 amide bonds. The summed E-state index contributed by atoms with van der Waals surface area (Å²) >= 11 is 0. The largest absolute Gasteiger partial charge is 0.481 e. The zero-order valence-electron chi connectivity index (χ0n) is 12.7. The highest BCUT2D eigenvalue weighted by Gasteiger charge is 2.17. The number of aliphatic carboxylic acids is 1. The van der Waals surface area contributed by atoms with Crippen molar-refractivity contribution in [3.63, 3.8) is 0 Å². The van der Waals surface area contributed by atoms with Crippen LogP contribution in [0.5, 0.6) is 0 Å². The first-order valence-electron chi connectivity index (χ1n) is 7.44. The molecule has 0 spiro atoms. The monoisotopic (exact) mass is 303 g/mol. The van der Waals surface area contributed by atoms with Crippen molar-refractivity contribution in [1.82, 2.24) is 0 Å². The van der Waals surface area contributed by atoms with Crippen LogP contribution >= 0.6 is 0 Å². The normalized spacial score (nSPS) is 11.5. The summed E-state index contributed by atoms with van der Waals surface area (Å²) in [4.78, 5) is 22.5. The highest BCUT2D eigenvalue weighted by molar-refractivity contribution is 5.70. The number of carbonyl (C=O) groups excluding carboxylic acids is 1. The second kappa shape index (κ2) is 9.56. The van der Waals surface area contributed by atoms with E-state index in [1.165, 1.54) is 0 Å². The summed E-state index contributed by atoms with van der Waals surface area (Å²) in [7, 11) is 0. The van der Waals surface area contributed by atoms with Crippen molar-refractivity contribution >= 4 is 11.9 Å². The van der Waals surface area contributed by atoms with Gasteiger partial charge in [-0.05, 0) is 43.9 Å². The van der Waals surface area contributed by atoms with Crippen molar-refractivity contribution in [3.05, 3.63) is 35.4 Å². The van der Waals surface area contributed by atoms with Gasteiger partial charge in [0, 0.05) is 6.42 Å². The topological polar surface area (TPSA) is 87.4 Å². The van der Waals surface area contributed by atoms with E-state index >= 15 is 0 Å². The number of hydrogen-bond donors (Lipinski definition) is 1. The van der Waals surface area contributed by atoms with Crippen LogP contribution in [-0.2, 0) is 20.7 Å². The zero-order valence-corrected chi connectivity index (χ0v) is 12.7. The molecule has 1 atom stereocenters. The predicted molar refractivity (Wildman–Crippen MR) is 81.1 cm³/mol. The third kappa shape index (κ3) is 6.40. The van der Waals surface area contributed by atoms with E-state index in [2.05, 4.69) is 0 Å². The second-order valence-electron chi connectivity index (χ2n) is 5.10. The summed E-state index contributed by atoms with van der Waals surface area (Å²) in [5.74, 6) is -1.54. The molecule has 0 fully saturated rings. The van der Waals surface area contributed by atoms with Gasteiger partial charge in [-0.1, -0.05) is 18.6 Å². The number of esters is 1. The van der Waals surface area contributed by atoms with Gasteiger partial charge in [-0.3, -0.25) is 9.59 Å². The molecule has 0 aliphatic rings. The van der Waals surface area contributed by atoms with Crippen LogP contribution in [-0.4, -0.2) is 23.7 Å². The standard InChI is InChI=1S/C17H21NO4/c1-2-22-16(19)6-4-3-5-15(17(20)21)11-13-7-9-14(12-18)10-8-13/h7-10,15H,2-6,11H2,1H3,(H,20,21). The summed E-state index contributed by atoms with van der Waals surface area (Å²) in [6, 6.07) is 8.98. The average Bonchev–Trinajstić information content (AvgIpc) is 2.51. The SMILES string of the molecule is CCOC(=O)CCCCC(Cc1ccc(C#N)cc1)C(=O)O. The Morgan fingerprint density at radius 1 is 1.27 bits per heavy atom. The molecule has 0 bridgehead atoms. The van der Waals surface area contributed by atoms with Crippen LogP contribution in [0.2, 0.25) is 0 Å². The molecular weight excluding hydrogens is 282 g/mol. The molecule has 0 saturated carbocycles. The summed E-state index contributed by atoms with van der Waals surface area (Å²) in [6.07, 6.45) is 2.59. The number of benzene rings is 1. The minimum absolute atomic E-state index is 0.235. The fourth-order valence-corrected chi connectivity index (χ4v) is 2.21. The van der Waals surface area contributed by atoms with Crippen LogP contribution in [0.3, 0.4) is 0 Å². The number of carboxylic acid groups (broad SMARTS) is 1. The molecular formula is C17H21NO4. The van der Waals surface area contributed by atoms with Crippen LogP contribution in [0.1, 0.15) is 43.7 Å². The molecule has 0 aliphatic carbocycles. The maximum Gasteiger partial charge on any atom is 0.306 e. The van der Waals surface area contributed by atoms with Crippen LogP contribution < -0.4 is 0 Å². The van der Waals surface area contributed by atoms with Crippen LogP contribution in [0.15, 0.2) is 24.3 Å². The number of carboxylic acids is 1. The Bertz CT molecular complexity index is 531. The summed E-state index contributed by atoms with van der Waals surface area (Å²) in [6.45, 7) is 2.13. The molecule has 1 rings (SSSR count). The summed E-state index contributed by atoms with van der Waals surface area (Å²) in [5.41, 5.74) is 1.46. The van der Waals surface area contributed by atoms with Crippen LogP contribution in [0.4, 0.5) is 0 Å². The van der Waals surface area contributed by atoms with Gasteiger partial charge in [0.1, 0.15) is 0 Å². The van der Waals surface area contributed by atoms with Gasteiger partial charge in [-0.25, -0.2) is 0 Å². The Labute approximate surface area is 130 Å². The first-order valence-corrected chi connectivity index (χ1v) is 7.44. The second-order valence-corrected chi connectivity index (χ2v) is 5.10. The van der Waals surface area contributed by atoms with E-state index in [9.17, 15) is 14.7 Å². The van der Waals surface area contributed by atoms with Crippen LogP contribution in [0, 0.1) is 17.2 Å². The van der Waals surface area contributed by atoms with Gasteiger partial charge in [-0.2, -0.15) is 5.26 Å². The molecule has 1 unspecified atom stereocenters. The highest BCUT2D eigenvalue weighted by atomic mass is 16.5. The van der Waals surface area contributed by atoms with Gasteiger partial charge >= 0.3 is 11.9 Å². The molecule has 118 valence electrons. The van der Waals surface area contributed by atoms with Gasteiger partial charge in [0.25, 0.3) is 0 Å². The van der Waals surface area contributed by atoms with E-state index in [0.717, 1.165) is 5.56 Å². The van der Waals surface area contributed by atoms with Crippen molar-refractivity contribution in [2.45, 2.75) is 39.0 Å². The number of rotatable bonds is 9. The predicted octanol–water partition coefficient (Wildman–Crippen LogP) is 2.93. The van der Waals surface area contributed by atoms with Crippen molar-refractivity contribution in [3.8, 4) is 6.07 Å². The maximum absolute atomic E-state index is 11.3. The van der Waals surface area contributed by atoms with E-state index < -0.39 is 11.9 Å². The molecule has 1 aromatic rings. The fourth-order valence-electron chi connectivity index (χ4n) is 2.21. The summed E-state index contributed by atoms with van der Waals surface area (Å²) < 4.78 is 4.83. The molecule has 0 heterocycles. The zero-order chi connectivity index (χ0) is 16.4. The molecule has 5 heteroatoms. The number of nitrogens with zero attached hydrogens (tertiary/aromatic N) is 1. The van der Waals surface area contributed by atoms with E-state index in [0.29, 0.717) is 44.3 Å². The number of nitriles is 1. The number of carbonyl (C=O) groups is 2. The van der Waals surface area contributed by atoms with Crippen molar-refractivity contribution in [2.75, 3.05) is 6.61 Å². The Morgan fingerprint density at radius 2 is 1.95 bits per heavy atom. The van der Waals surface area contributed by atoms with E-state index in [-0.39, 0.29) is 5.97 Å². The maximum atomic E-state index is 11.3. The van der Waals surface area contributed by atoms with Gasteiger partial charge in [0.2, 0.25) is 0 Å². The van der Waals surface area contributed by atoms with E-state index in [1.807, 2.05) is 6.07 Å². The average molecular weight is 303 g/mol. The molecule has 22 heavy (non-hydrogen) atoms. The lowest BCUT2D eigenvalue weighted by Gasteiger charge is -2.12. The molecule has 5 nitrogen and oxygen atoms in total. The molecule has 1 aromatic carbocycles. The Balaban J connectivity index is 2.43. The smallest absolute Gasteiger partial charge is 0.306 e. The van der Waals surface area contributed by atoms with E-state index in [4.69, 9.17) is 10.00 Å². The highest BCUT2D eigenvalue weighted by Crippen LogP contribution is 2.17. The van der Waals surface area contributed by atoms with Crippen LogP contribution in [0.25, 0.3) is 0 Å². The molecule has 0 saturated heterocycles. The van der Waals surface area contributed by atoms with Gasteiger partial charge in [0.05, 0.1) is 24.2 Å². The quantitative estimate of drug-likeness (QED) is 0.560. The number of unbranched alkanes of at least 4 members (excludes halogenated alkanes) is 1. The minimum atomic E-state index is -0.833. The molecule has 1 N–H and O–H groups in total. The Hall–Kier alpha value is -2.35. The Kier molecular flexibility index (Phi) is 7.69. The molecule has 0 aromatic heterocycles.